The second-order valence-electron chi connectivity index (χ2n) is 1.51. The number of aromatic nitrogens is 2. The minimum absolute atomic E-state index is 0.0139. The van der Waals surface area contributed by atoms with Gasteiger partial charge in [-0.25, -0.2) is 4.98 Å². The summed E-state index contributed by atoms with van der Waals surface area (Å²) in [4.78, 5) is 3.66. The molecule has 1 aromatic heterocycles. The van der Waals surface area contributed by atoms with E-state index in [0.717, 1.165) is 0 Å². The molecule has 0 aliphatic carbocycles. The molecule has 0 saturated carbocycles. The molecule has 1 aromatic rings. The van der Waals surface area contributed by atoms with E-state index in [1.807, 2.05) is 0 Å². The van der Waals surface area contributed by atoms with Gasteiger partial charge in [0.05, 0.1) is 12.2 Å². The molecular formula is C4H5N2O2S-. The number of hydrogen-bond acceptors (Lipinski definition) is 3. The molecule has 1 rings (SSSR count). The van der Waals surface area contributed by atoms with Crippen LogP contribution in [-0.4, -0.2) is 18.3 Å². The van der Waals surface area contributed by atoms with Crippen molar-refractivity contribution in [2.75, 3.05) is 0 Å². The van der Waals surface area contributed by atoms with Crippen LogP contribution in [0.15, 0.2) is 18.7 Å². The lowest BCUT2D eigenvalue weighted by atomic mass is 10.9. The zero-order valence-electron chi connectivity index (χ0n) is 4.56. The van der Waals surface area contributed by atoms with Crippen molar-refractivity contribution in [3.8, 4) is 0 Å². The third-order valence-electron chi connectivity index (χ3n) is 0.814. The van der Waals surface area contributed by atoms with Crippen molar-refractivity contribution in [2.24, 2.45) is 0 Å². The maximum absolute atomic E-state index is 10.0. The molecule has 4 nitrogen and oxygen atoms in total. The largest absolute Gasteiger partial charge is 0.771 e. The first-order valence-electron chi connectivity index (χ1n) is 2.30. The molecule has 0 bridgehead atoms. The van der Waals surface area contributed by atoms with Crippen LogP contribution in [0.25, 0.3) is 0 Å². The summed E-state index contributed by atoms with van der Waals surface area (Å²) in [6.07, 6.45) is 4.58. The topological polar surface area (TPSA) is 57.9 Å². The minimum Gasteiger partial charge on any atom is -0.771 e. The van der Waals surface area contributed by atoms with E-state index in [1.54, 1.807) is 6.20 Å². The molecule has 0 aliphatic heterocycles. The van der Waals surface area contributed by atoms with Crippen LogP contribution in [0.1, 0.15) is 0 Å². The first-order chi connectivity index (χ1) is 4.29. The molecule has 0 spiro atoms. The summed E-state index contributed by atoms with van der Waals surface area (Å²) in [6.45, 7) is 0. The Balaban J connectivity index is 2.58. The van der Waals surface area contributed by atoms with Crippen LogP contribution < -0.4 is 0 Å². The normalized spacial score (nSPS) is 13.4. The predicted molar refractivity (Wildman–Crippen MR) is 31.1 cm³/mol. The van der Waals surface area contributed by atoms with E-state index in [9.17, 15) is 8.76 Å². The molecule has 0 radical (unpaired) electrons. The Kier molecular flexibility index (Phi) is 1.96. The maximum atomic E-state index is 10.0. The van der Waals surface area contributed by atoms with Crippen LogP contribution in [-0.2, 0) is 17.0 Å². The number of nitrogens with zero attached hydrogens (tertiary/aromatic N) is 2. The fourth-order valence-corrected chi connectivity index (χ4v) is 0.881. The lowest BCUT2D eigenvalue weighted by Crippen LogP contribution is -2.00. The van der Waals surface area contributed by atoms with Crippen LogP contribution in [0.5, 0.6) is 0 Å². The van der Waals surface area contributed by atoms with Gasteiger partial charge < -0.3 is 9.12 Å². The van der Waals surface area contributed by atoms with E-state index < -0.39 is 11.1 Å². The molecule has 0 N–H and O–H groups in total. The van der Waals surface area contributed by atoms with Crippen molar-refractivity contribution in [3.05, 3.63) is 18.7 Å². The van der Waals surface area contributed by atoms with E-state index in [-0.39, 0.29) is 5.88 Å². The van der Waals surface area contributed by atoms with Crippen LogP contribution in [0.4, 0.5) is 0 Å². The van der Waals surface area contributed by atoms with Crippen LogP contribution in [0.3, 0.4) is 0 Å². The van der Waals surface area contributed by atoms with Gasteiger partial charge in [-0.3, -0.25) is 4.21 Å². The minimum atomic E-state index is -2.02. The summed E-state index contributed by atoms with van der Waals surface area (Å²) in [6, 6.07) is 0. The number of hydrogen-bond donors (Lipinski definition) is 0. The fourth-order valence-electron chi connectivity index (χ4n) is 0.485. The highest BCUT2D eigenvalue weighted by Gasteiger charge is 1.85. The SMILES string of the molecule is O=S([O-])Cn1ccnc1. The second-order valence-corrected chi connectivity index (χ2v) is 2.38. The molecule has 5 heteroatoms. The van der Waals surface area contributed by atoms with Gasteiger partial charge in [0.25, 0.3) is 0 Å². The lowest BCUT2D eigenvalue weighted by molar-refractivity contribution is 0.526. The van der Waals surface area contributed by atoms with Gasteiger partial charge in [0, 0.05) is 12.4 Å². The molecule has 0 amide bonds. The zero-order valence-corrected chi connectivity index (χ0v) is 5.37. The van der Waals surface area contributed by atoms with Gasteiger partial charge in [0.1, 0.15) is 0 Å². The highest BCUT2D eigenvalue weighted by atomic mass is 32.2. The second kappa shape index (κ2) is 2.75. The Labute approximate surface area is 54.8 Å². The first-order valence-corrected chi connectivity index (χ1v) is 3.55. The third kappa shape index (κ3) is 1.95. The van der Waals surface area contributed by atoms with Crippen LogP contribution in [0.2, 0.25) is 0 Å². The molecule has 0 fully saturated rings. The molecule has 0 aromatic carbocycles. The smallest absolute Gasteiger partial charge is 0.0953 e. The number of imidazole rings is 1. The average molecular weight is 145 g/mol. The van der Waals surface area contributed by atoms with Crippen molar-refractivity contribution >= 4 is 11.1 Å². The van der Waals surface area contributed by atoms with Gasteiger partial charge in [0.15, 0.2) is 0 Å². The molecular weight excluding hydrogens is 140 g/mol. The third-order valence-corrected chi connectivity index (χ3v) is 1.32. The van der Waals surface area contributed by atoms with Crippen molar-refractivity contribution in [3.63, 3.8) is 0 Å². The van der Waals surface area contributed by atoms with Gasteiger partial charge in [-0.1, -0.05) is 0 Å². The Hall–Kier alpha value is -0.680. The summed E-state index contributed by atoms with van der Waals surface area (Å²) in [7, 11) is 0. The lowest BCUT2D eigenvalue weighted by Gasteiger charge is -2.03. The van der Waals surface area contributed by atoms with Crippen LogP contribution in [0, 0.1) is 0 Å². The van der Waals surface area contributed by atoms with Gasteiger partial charge in [-0.05, 0) is 11.1 Å². The number of rotatable bonds is 2. The van der Waals surface area contributed by atoms with E-state index in [4.69, 9.17) is 0 Å². The Morgan fingerprint density at radius 2 is 2.56 bits per heavy atom. The van der Waals surface area contributed by atoms with Gasteiger partial charge in [0.2, 0.25) is 0 Å². The first kappa shape index (κ1) is 6.44. The van der Waals surface area contributed by atoms with Gasteiger partial charge in [-0.15, -0.1) is 0 Å². The monoisotopic (exact) mass is 145 g/mol. The van der Waals surface area contributed by atoms with E-state index in [1.165, 1.54) is 17.1 Å². The van der Waals surface area contributed by atoms with Gasteiger partial charge >= 0.3 is 0 Å². The maximum Gasteiger partial charge on any atom is 0.0953 e. The average Bonchev–Trinajstić information content (AvgIpc) is 2.15. The van der Waals surface area contributed by atoms with Crippen molar-refractivity contribution in [1.82, 2.24) is 9.55 Å². The standard InChI is InChI=1S/C4H6N2O2S/c7-9(8)4-6-2-1-5-3-6/h1-3H,4H2,(H,7,8)/p-1. The highest BCUT2D eigenvalue weighted by molar-refractivity contribution is 7.78. The van der Waals surface area contributed by atoms with Crippen molar-refractivity contribution < 1.29 is 8.76 Å². The zero-order chi connectivity index (χ0) is 6.69. The molecule has 1 unspecified atom stereocenters. The molecule has 0 aliphatic rings. The summed E-state index contributed by atoms with van der Waals surface area (Å²) in [5.41, 5.74) is 0. The molecule has 50 valence electrons. The van der Waals surface area contributed by atoms with Crippen LogP contribution >= 0.6 is 0 Å². The predicted octanol–water partition coefficient (Wildman–Crippen LogP) is -0.280. The Bertz CT molecular complexity index is 196. The Morgan fingerprint density at radius 1 is 1.78 bits per heavy atom. The van der Waals surface area contributed by atoms with Crippen molar-refractivity contribution in [2.45, 2.75) is 5.88 Å². The van der Waals surface area contributed by atoms with E-state index in [2.05, 4.69) is 4.98 Å². The molecule has 0 saturated heterocycles. The molecule has 1 atom stereocenters. The quantitative estimate of drug-likeness (QED) is 0.538. The van der Waals surface area contributed by atoms with E-state index >= 15 is 0 Å². The summed E-state index contributed by atoms with van der Waals surface area (Å²) < 4.78 is 21.5. The summed E-state index contributed by atoms with van der Waals surface area (Å²) >= 11 is -2.02. The van der Waals surface area contributed by atoms with Crippen molar-refractivity contribution in [1.29, 1.82) is 0 Å². The summed E-state index contributed by atoms with van der Waals surface area (Å²) in [5, 5.41) is 0. The fraction of sp³-hybridized carbons (Fsp3) is 0.250. The molecule has 1 heterocycles. The van der Waals surface area contributed by atoms with Gasteiger partial charge in [-0.2, -0.15) is 0 Å². The molecule has 9 heavy (non-hydrogen) atoms. The Morgan fingerprint density at radius 3 is 3.00 bits per heavy atom. The highest BCUT2D eigenvalue weighted by Crippen LogP contribution is 1.86. The summed E-state index contributed by atoms with van der Waals surface area (Å²) in [5.74, 6) is -0.0139. The van der Waals surface area contributed by atoms with E-state index in [0.29, 0.717) is 0 Å².